The van der Waals surface area contributed by atoms with Gasteiger partial charge in [-0.15, -0.1) is 0 Å². The third-order valence-electron chi connectivity index (χ3n) is 5.15. The fourth-order valence-corrected chi connectivity index (χ4v) is 4.84. The van der Waals surface area contributed by atoms with E-state index in [1.807, 2.05) is 42.5 Å². The van der Waals surface area contributed by atoms with Crippen LogP contribution in [0.4, 0.5) is 5.69 Å². The molecule has 8 heteroatoms. The minimum atomic E-state index is -3.57. The zero-order valence-electron chi connectivity index (χ0n) is 17.2. The largest absolute Gasteiger partial charge is 0.480 e. The van der Waals surface area contributed by atoms with Crippen LogP contribution in [0, 0.1) is 0 Å². The van der Waals surface area contributed by atoms with Gasteiger partial charge in [-0.3, -0.25) is 4.79 Å². The van der Waals surface area contributed by atoms with Crippen LogP contribution in [0.25, 0.3) is 10.8 Å². The number of carbonyl (C=O) groups is 1. The number of ether oxygens (including phenoxy) is 2. The van der Waals surface area contributed by atoms with Gasteiger partial charge in [-0.05, 0) is 42.6 Å². The zero-order valence-corrected chi connectivity index (χ0v) is 18.0. The summed E-state index contributed by atoms with van der Waals surface area (Å²) in [5.41, 5.74) is 0.499. The van der Waals surface area contributed by atoms with E-state index in [-0.39, 0.29) is 10.8 Å². The number of nitrogens with one attached hydrogen (secondary N) is 1. The zero-order chi connectivity index (χ0) is 21.8. The lowest BCUT2D eigenvalue weighted by atomic mass is 10.1. The van der Waals surface area contributed by atoms with E-state index < -0.39 is 16.1 Å². The molecule has 1 atom stereocenters. The third-order valence-corrected chi connectivity index (χ3v) is 7.07. The number of fused-ring (bicyclic) bond motifs is 1. The molecule has 0 aliphatic carbocycles. The molecule has 31 heavy (non-hydrogen) atoms. The second-order valence-electron chi connectivity index (χ2n) is 7.27. The molecule has 1 aliphatic heterocycles. The topological polar surface area (TPSA) is 84.9 Å². The van der Waals surface area contributed by atoms with Gasteiger partial charge in [0, 0.05) is 24.2 Å². The number of carbonyl (C=O) groups excluding carboxylic acids is 1. The van der Waals surface area contributed by atoms with Crippen molar-refractivity contribution in [2.75, 3.05) is 31.6 Å². The van der Waals surface area contributed by atoms with Crippen LogP contribution in [0.3, 0.4) is 0 Å². The fraction of sp³-hybridized carbons (Fsp3) is 0.261. The Morgan fingerprint density at radius 1 is 1.00 bits per heavy atom. The van der Waals surface area contributed by atoms with E-state index >= 15 is 0 Å². The van der Waals surface area contributed by atoms with Crippen molar-refractivity contribution >= 4 is 32.4 Å². The van der Waals surface area contributed by atoms with Crippen LogP contribution < -0.4 is 10.1 Å². The van der Waals surface area contributed by atoms with E-state index in [9.17, 15) is 13.2 Å². The highest BCUT2D eigenvalue weighted by atomic mass is 32.2. The Kier molecular flexibility index (Phi) is 6.22. The van der Waals surface area contributed by atoms with Crippen molar-refractivity contribution in [3.63, 3.8) is 0 Å². The number of anilines is 1. The number of nitrogens with zero attached hydrogens (tertiary/aromatic N) is 1. The molecule has 0 bridgehead atoms. The Hall–Kier alpha value is -2.94. The van der Waals surface area contributed by atoms with Crippen molar-refractivity contribution in [2.45, 2.75) is 17.9 Å². The van der Waals surface area contributed by atoms with Crippen LogP contribution in [0.5, 0.6) is 5.75 Å². The molecule has 3 aromatic rings. The van der Waals surface area contributed by atoms with Crippen LogP contribution in [0.2, 0.25) is 0 Å². The summed E-state index contributed by atoms with van der Waals surface area (Å²) in [5, 5.41) is 4.74. The number of amides is 1. The average molecular weight is 441 g/mol. The van der Waals surface area contributed by atoms with Gasteiger partial charge in [-0.1, -0.05) is 36.4 Å². The minimum absolute atomic E-state index is 0.187. The maximum atomic E-state index is 12.7. The number of hydrogen-bond donors (Lipinski definition) is 1. The molecule has 0 spiro atoms. The molecule has 4 rings (SSSR count). The van der Waals surface area contributed by atoms with Crippen LogP contribution in [-0.2, 0) is 19.6 Å². The van der Waals surface area contributed by atoms with Crippen molar-refractivity contribution < 1.29 is 22.7 Å². The first-order valence-corrected chi connectivity index (χ1v) is 11.5. The van der Waals surface area contributed by atoms with Gasteiger partial charge in [-0.2, -0.15) is 4.31 Å². The van der Waals surface area contributed by atoms with Crippen LogP contribution in [-0.4, -0.2) is 51.0 Å². The summed E-state index contributed by atoms with van der Waals surface area (Å²) in [5.74, 6) is 0.310. The smallest absolute Gasteiger partial charge is 0.265 e. The van der Waals surface area contributed by atoms with Gasteiger partial charge in [0.15, 0.2) is 6.10 Å². The standard InChI is InChI=1S/C23H24N2O5S/c1-17(30-22-8-4-6-18-5-2-3-7-21(18)22)23(26)24-19-9-11-20(12-10-19)31(27,28)25-13-15-29-16-14-25/h2-12,17H,13-16H2,1H3,(H,24,26). The van der Waals surface area contributed by atoms with Gasteiger partial charge in [0.25, 0.3) is 5.91 Å². The second kappa shape index (κ2) is 9.05. The Morgan fingerprint density at radius 2 is 1.68 bits per heavy atom. The highest BCUT2D eigenvalue weighted by Crippen LogP contribution is 2.26. The molecule has 0 radical (unpaired) electrons. The van der Waals surface area contributed by atoms with Gasteiger partial charge in [-0.25, -0.2) is 8.42 Å². The summed E-state index contributed by atoms with van der Waals surface area (Å²) in [4.78, 5) is 12.8. The lowest BCUT2D eigenvalue weighted by molar-refractivity contribution is -0.122. The Labute approximate surface area is 181 Å². The predicted molar refractivity (Wildman–Crippen MR) is 119 cm³/mol. The van der Waals surface area contributed by atoms with Crippen molar-refractivity contribution in [1.82, 2.24) is 4.31 Å². The van der Waals surface area contributed by atoms with Gasteiger partial charge < -0.3 is 14.8 Å². The molecule has 1 amide bonds. The molecule has 1 N–H and O–H groups in total. The SMILES string of the molecule is CC(Oc1cccc2ccccc12)C(=O)Nc1ccc(S(=O)(=O)N2CCOCC2)cc1. The normalized spacial score (nSPS) is 16.0. The monoisotopic (exact) mass is 440 g/mol. The van der Waals surface area contributed by atoms with Crippen LogP contribution in [0.15, 0.2) is 71.6 Å². The van der Waals surface area contributed by atoms with E-state index in [0.29, 0.717) is 37.7 Å². The molecule has 0 saturated carbocycles. The highest BCUT2D eigenvalue weighted by Gasteiger charge is 2.26. The number of hydrogen-bond acceptors (Lipinski definition) is 5. The first-order chi connectivity index (χ1) is 14.9. The van der Waals surface area contributed by atoms with E-state index in [1.165, 1.54) is 16.4 Å². The number of rotatable bonds is 6. The van der Waals surface area contributed by atoms with Crippen LogP contribution in [0.1, 0.15) is 6.92 Å². The van der Waals surface area contributed by atoms with E-state index in [2.05, 4.69) is 5.32 Å². The predicted octanol–water partition coefficient (Wildman–Crippen LogP) is 3.27. The maximum absolute atomic E-state index is 12.7. The molecule has 162 valence electrons. The molecule has 1 aliphatic rings. The molecule has 7 nitrogen and oxygen atoms in total. The molecule has 1 fully saturated rings. The molecular weight excluding hydrogens is 416 g/mol. The molecular formula is C23H24N2O5S. The average Bonchev–Trinajstić information content (AvgIpc) is 2.80. The molecule has 1 unspecified atom stereocenters. The summed E-state index contributed by atoms with van der Waals surface area (Å²) in [6, 6.07) is 19.7. The number of morpholine rings is 1. The molecule has 1 heterocycles. The summed E-state index contributed by atoms with van der Waals surface area (Å²) in [6.45, 7) is 3.13. The summed E-state index contributed by atoms with van der Waals surface area (Å²) in [7, 11) is -3.57. The summed E-state index contributed by atoms with van der Waals surface area (Å²) in [6.07, 6.45) is -0.734. The van der Waals surface area contributed by atoms with Gasteiger partial charge in [0.1, 0.15) is 5.75 Å². The Balaban J connectivity index is 1.42. The summed E-state index contributed by atoms with van der Waals surface area (Å²) >= 11 is 0. The van der Waals surface area contributed by atoms with E-state index in [4.69, 9.17) is 9.47 Å². The van der Waals surface area contributed by atoms with E-state index in [0.717, 1.165) is 10.8 Å². The first kappa shape index (κ1) is 21.3. The molecule has 1 saturated heterocycles. The summed E-state index contributed by atoms with van der Waals surface area (Å²) < 4.78 is 37.9. The second-order valence-corrected chi connectivity index (χ2v) is 9.21. The lowest BCUT2D eigenvalue weighted by Gasteiger charge is -2.26. The molecule has 0 aromatic heterocycles. The van der Waals surface area contributed by atoms with Crippen molar-refractivity contribution in [1.29, 1.82) is 0 Å². The quantitative estimate of drug-likeness (QED) is 0.636. The number of benzene rings is 3. The number of sulfonamides is 1. The Bertz CT molecular complexity index is 1170. The van der Waals surface area contributed by atoms with E-state index in [1.54, 1.807) is 19.1 Å². The third kappa shape index (κ3) is 4.71. The van der Waals surface area contributed by atoms with Crippen molar-refractivity contribution in [3.05, 3.63) is 66.7 Å². The molecule has 3 aromatic carbocycles. The van der Waals surface area contributed by atoms with Crippen molar-refractivity contribution in [3.8, 4) is 5.75 Å². The Morgan fingerprint density at radius 3 is 2.42 bits per heavy atom. The fourth-order valence-electron chi connectivity index (χ4n) is 3.43. The van der Waals surface area contributed by atoms with Crippen LogP contribution >= 0.6 is 0 Å². The van der Waals surface area contributed by atoms with Gasteiger partial charge in [0.05, 0.1) is 18.1 Å². The first-order valence-electron chi connectivity index (χ1n) is 10.1. The van der Waals surface area contributed by atoms with Gasteiger partial charge >= 0.3 is 0 Å². The van der Waals surface area contributed by atoms with Crippen molar-refractivity contribution in [2.24, 2.45) is 0 Å². The lowest BCUT2D eigenvalue weighted by Crippen LogP contribution is -2.40. The van der Waals surface area contributed by atoms with Gasteiger partial charge in [0.2, 0.25) is 10.0 Å². The minimum Gasteiger partial charge on any atom is -0.480 e. The maximum Gasteiger partial charge on any atom is 0.265 e. The highest BCUT2D eigenvalue weighted by molar-refractivity contribution is 7.89.